The van der Waals surface area contributed by atoms with Crippen molar-refractivity contribution in [1.29, 1.82) is 0 Å². The van der Waals surface area contributed by atoms with Gasteiger partial charge in [-0.2, -0.15) is 17.9 Å². The van der Waals surface area contributed by atoms with Gasteiger partial charge >= 0.3 is 6.18 Å². The number of hydrogen-bond acceptors (Lipinski definition) is 6. The Bertz CT molecular complexity index is 1160. The van der Waals surface area contributed by atoms with Gasteiger partial charge in [0.05, 0.1) is 24.0 Å². The third kappa shape index (κ3) is 5.64. The number of alkyl halides is 5. The van der Waals surface area contributed by atoms with E-state index in [1.54, 1.807) is 6.92 Å². The standard InChI is InChI=1S/C21H19F5N6O2/c1-11(18-29-10-32(31-18)20-27-7-16(8-28-20)34-9-17(22)23)30-19(33)14-4-13(12-2-3-12)5-15(6-14)21(24,25)26/h4-8,10-12,17H,2-3,9H2,1H3,(H,30,33). The minimum absolute atomic E-state index is 0.0378. The number of nitrogens with zero attached hydrogens (tertiary/aromatic N) is 5. The lowest BCUT2D eigenvalue weighted by atomic mass is 10.0. The second-order valence-electron chi connectivity index (χ2n) is 7.78. The predicted molar refractivity (Wildman–Crippen MR) is 108 cm³/mol. The maximum atomic E-state index is 13.3. The smallest absolute Gasteiger partial charge is 0.416 e. The van der Waals surface area contributed by atoms with Crippen LogP contribution in [0, 0.1) is 0 Å². The monoisotopic (exact) mass is 482 g/mol. The first-order valence-corrected chi connectivity index (χ1v) is 10.3. The third-order valence-electron chi connectivity index (χ3n) is 5.03. The quantitative estimate of drug-likeness (QED) is 0.486. The molecule has 1 fully saturated rings. The van der Waals surface area contributed by atoms with Crippen LogP contribution in [-0.2, 0) is 6.18 Å². The summed E-state index contributed by atoms with van der Waals surface area (Å²) in [5, 5.41) is 6.77. The second-order valence-corrected chi connectivity index (χ2v) is 7.78. The van der Waals surface area contributed by atoms with Crippen LogP contribution in [-0.4, -0.2) is 43.7 Å². The summed E-state index contributed by atoms with van der Waals surface area (Å²) in [5.74, 6) is -0.348. The minimum Gasteiger partial charge on any atom is -0.484 e. The van der Waals surface area contributed by atoms with E-state index < -0.39 is 36.7 Å². The Hall–Kier alpha value is -3.64. The Morgan fingerprint density at radius 2 is 1.88 bits per heavy atom. The van der Waals surface area contributed by atoms with E-state index in [2.05, 4.69) is 25.4 Å². The Balaban J connectivity index is 1.45. The predicted octanol–water partition coefficient (Wildman–Crippen LogP) is 4.09. The molecule has 2 aromatic heterocycles. The lowest BCUT2D eigenvalue weighted by Gasteiger charge is -2.14. The molecule has 0 spiro atoms. The normalized spacial score (nSPS) is 14.8. The summed E-state index contributed by atoms with van der Waals surface area (Å²) < 4.78 is 70.3. The highest BCUT2D eigenvalue weighted by atomic mass is 19.4. The number of benzene rings is 1. The third-order valence-corrected chi connectivity index (χ3v) is 5.03. The van der Waals surface area contributed by atoms with Crippen LogP contribution in [0.1, 0.15) is 59.0 Å². The van der Waals surface area contributed by atoms with Gasteiger partial charge in [0.2, 0.25) is 0 Å². The molecule has 1 N–H and O–H groups in total. The van der Waals surface area contributed by atoms with Crippen molar-refractivity contribution in [2.45, 2.75) is 44.3 Å². The fourth-order valence-corrected chi connectivity index (χ4v) is 3.18. The van der Waals surface area contributed by atoms with Crippen molar-refractivity contribution in [2.24, 2.45) is 0 Å². The molecule has 1 unspecified atom stereocenters. The molecule has 1 aliphatic rings. The van der Waals surface area contributed by atoms with Gasteiger partial charge in [-0.25, -0.2) is 23.7 Å². The Morgan fingerprint density at radius 1 is 1.18 bits per heavy atom. The van der Waals surface area contributed by atoms with E-state index in [1.807, 2.05) is 0 Å². The Morgan fingerprint density at radius 3 is 2.50 bits per heavy atom. The number of rotatable bonds is 8. The molecule has 1 aliphatic carbocycles. The average molecular weight is 482 g/mol. The molecule has 13 heteroatoms. The molecule has 4 rings (SSSR count). The summed E-state index contributed by atoms with van der Waals surface area (Å²) in [6.07, 6.45) is -1.94. The maximum Gasteiger partial charge on any atom is 0.416 e. The summed E-state index contributed by atoms with van der Waals surface area (Å²) in [4.78, 5) is 24.7. The van der Waals surface area contributed by atoms with Crippen molar-refractivity contribution < 1.29 is 31.5 Å². The molecule has 3 aromatic rings. The topological polar surface area (TPSA) is 94.8 Å². The highest BCUT2D eigenvalue weighted by Crippen LogP contribution is 2.42. The highest BCUT2D eigenvalue weighted by Gasteiger charge is 2.34. The zero-order chi connectivity index (χ0) is 24.5. The lowest BCUT2D eigenvalue weighted by Crippen LogP contribution is -2.28. The number of ether oxygens (including phenoxy) is 1. The van der Waals surface area contributed by atoms with Crippen molar-refractivity contribution >= 4 is 5.91 Å². The molecule has 1 aromatic carbocycles. The van der Waals surface area contributed by atoms with Gasteiger partial charge in [0, 0.05) is 5.56 Å². The van der Waals surface area contributed by atoms with Crippen LogP contribution in [0.4, 0.5) is 22.0 Å². The summed E-state index contributed by atoms with van der Waals surface area (Å²) in [5.41, 5.74) is -0.464. The molecule has 1 atom stereocenters. The van der Waals surface area contributed by atoms with Crippen LogP contribution in [0.15, 0.2) is 36.9 Å². The van der Waals surface area contributed by atoms with Crippen molar-refractivity contribution in [3.05, 3.63) is 59.4 Å². The minimum atomic E-state index is -4.56. The molecule has 2 heterocycles. The molecular weight excluding hydrogens is 463 g/mol. The molecule has 1 amide bonds. The number of nitrogens with one attached hydrogen (secondary N) is 1. The van der Waals surface area contributed by atoms with Gasteiger partial charge < -0.3 is 10.1 Å². The summed E-state index contributed by atoms with van der Waals surface area (Å²) in [6, 6.07) is 2.66. The number of amides is 1. The van der Waals surface area contributed by atoms with Crippen LogP contribution >= 0.6 is 0 Å². The first-order chi connectivity index (χ1) is 16.1. The zero-order valence-corrected chi connectivity index (χ0v) is 17.8. The summed E-state index contributed by atoms with van der Waals surface area (Å²) in [7, 11) is 0. The van der Waals surface area contributed by atoms with E-state index in [-0.39, 0.29) is 29.0 Å². The van der Waals surface area contributed by atoms with Gasteiger partial charge in [0.25, 0.3) is 18.3 Å². The van der Waals surface area contributed by atoms with E-state index in [0.717, 1.165) is 25.0 Å². The number of carbonyl (C=O) groups excluding carboxylic acids is 1. The highest BCUT2D eigenvalue weighted by molar-refractivity contribution is 5.94. The number of carbonyl (C=O) groups is 1. The molecule has 8 nitrogen and oxygen atoms in total. The molecule has 0 aliphatic heterocycles. The van der Waals surface area contributed by atoms with Gasteiger partial charge in [-0.1, -0.05) is 0 Å². The van der Waals surface area contributed by atoms with Crippen LogP contribution in [0.3, 0.4) is 0 Å². The van der Waals surface area contributed by atoms with E-state index in [9.17, 15) is 26.7 Å². The van der Waals surface area contributed by atoms with E-state index in [4.69, 9.17) is 4.74 Å². The molecule has 34 heavy (non-hydrogen) atoms. The van der Waals surface area contributed by atoms with Gasteiger partial charge in [-0.3, -0.25) is 4.79 Å². The molecular formula is C21H19F5N6O2. The van der Waals surface area contributed by atoms with Crippen molar-refractivity contribution in [3.63, 3.8) is 0 Å². The van der Waals surface area contributed by atoms with Gasteiger partial charge in [-0.05, 0) is 49.4 Å². The van der Waals surface area contributed by atoms with Crippen LogP contribution in [0.2, 0.25) is 0 Å². The molecule has 0 bridgehead atoms. The van der Waals surface area contributed by atoms with E-state index >= 15 is 0 Å². The van der Waals surface area contributed by atoms with E-state index in [1.165, 1.54) is 29.5 Å². The summed E-state index contributed by atoms with van der Waals surface area (Å²) in [6.45, 7) is 0.788. The SMILES string of the molecule is CC(NC(=O)c1cc(C2CC2)cc(C(F)(F)F)c1)c1ncn(-c2ncc(OCC(F)F)cn2)n1. The van der Waals surface area contributed by atoms with E-state index in [0.29, 0.717) is 5.56 Å². The number of hydrogen-bond donors (Lipinski definition) is 1. The average Bonchev–Trinajstić information content (AvgIpc) is 3.53. The Labute approximate surface area is 190 Å². The fourth-order valence-electron chi connectivity index (χ4n) is 3.18. The second kappa shape index (κ2) is 9.31. The largest absolute Gasteiger partial charge is 0.484 e. The fraction of sp³-hybridized carbons (Fsp3) is 0.381. The zero-order valence-electron chi connectivity index (χ0n) is 17.8. The van der Waals surface area contributed by atoms with Gasteiger partial charge in [0.15, 0.2) is 11.6 Å². The molecule has 0 radical (unpaired) electrons. The maximum absolute atomic E-state index is 13.3. The van der Waals surface area contributed by atoms with Crippen LogP contribution in [0.25, 0.3) is 5.95 Å². The number of aromatic nitrogens is 5. The van der Waals surface area contributed by atoms with Crippen LogP contribution < -0.4 is 10.1 Å². The first kappa shape index (κ1) is 23.5. The molecule has 180 valence electrons. The van der Waals surface area contributed by atoms with Gasteiger partial charge in [0.1, 0.15) is 12.9 Å². The van der Waals surface area contributed by atoms with Crippen LogP contribution in [0.5, 0.6) is 5.75 Å². The van der Waals surface area contributed by atoms with Crippen molar-refractivity contribution in [1.82, 2.24) is 30.0 Å². The molecule has 0 saturated heterocycles. The van der Waals surface area contributed by atoms with Gasteiger partial charge in [-0.15, -0.1) is 5.10 Å². The summed E-state index contributed by atoms with van der Waals surface area (Å²) >= 11 is 0. The molecule has 1 saturated carbocycles. The van der Waals surface area contributed by atoms with Crippen molar-refractivity contribution in [2.75, 3.05) is 6.61 Å². The lowest BCUT2D eigenvalue weighted by molar-refractivity contribution is -0.137. The Kier molecular flexibility index (Phi) is 6.44. The van der Waals surface area contributed by atoms with Crippen molar-refractivity contribution in [3.8, 4) is 11.7 Å². The number of halogens is 5. The first-order valence-electron chi connectivity index (χ1n) is 10.3.